The first-order chi connectivity index (χ1) is 32.5. The number of aliphatic hydroxyl groups excluding tert-OH is 1. The Morgan fingerprint density at radius 2 is 0.836 bits per heavy atom. The van der Waals surface area contributed by atoms with E-state index < -0.39 is 20.0 Å². The third kappa shape index (κ3) is 52.6. The van der Waals surface area contributed by atoms with Crippen LogP contribution in [0.4, 0.5) is 0 Å². The van der Waals surface area contributed by atoms with Crippen LogP contribution >= 0.6 is 7.82 Å². The van der Waals surface area contributed by atoms with Crippen LogP contribution in [0.5, 0.6) is 0 Å². The Kier molecular flexibility index (Phi) is 49.2. The van der Waals surface area contributed by atoms with Crippen molar-refractivity contribution in [3.8, 4) is 0 Å². The van der Waals surface area contributed by atoms with Crippen molar-refractivity contribution < 1.29 is 32.9 Å². The molecule has 0 fully saturated rings. The van der Waals surface area contributed by atoms with Crippen LogP contribution in [-0.2, 0) is 18.4 Å². The van der Waals surface area contributed by atoms with Crippen molar-refractivity contribution in [2.75, 3.05) is 40.9 Å². The Labute approximate surface area is 417 Å². The molecule has 0 aliphatic carbocycles. The van der Waals surface area contributed by atoms with E-state index in [4.69, 9.17) is 9.05 Å². The molecule has 0 aromatic carbocycles. The fraction of sp³-hybridized carbons (Fsp3) is 0.914. The normalized spacial score (nSPS) is 14.1. The minimum Gasteiger partial charge on any atom is -0.756 e. The van der Waals surface area contributed by atoms with Crippen molar-refractivity contribution in [2.24, 2.45) is 0 Å². The summed E-state index contributed by atoms with van der Waals surface area (Å²) in [6, 6.07) is -0.878. The van der Waals surface area contributed by atoms with Gasteiger partial charge in [0.2, 0.25) is 5.91 Å². The van der Waals surface area contributed by atoms with E-state index >= 15 is 0 Å². The number of phosphoric acid groups is 1. The van der Waals surface area contributed by atoms with Gasteiger partial charge in [-0.2, -0.15) is 0 Å². The van der Waals surface area contributed by atoms with Crippen LogP contribution in [-0.4, -0.2) is 68.5 Å². The third-order valence-corrected chi connectivity index (χ3v) is 14.4. The van der Waals surface area contributed by atoms with Gasteiger partial charge in [0.1, 0.15) is 13.2 Å². The van der Waals surface area contributed by atoms with Gasteiger partial charge in [-0.3, -0.25) is 9.36 Å². The molecule has 0 aromatic heterocycles. The second-order valence-corrected chi connectivity index (χ2v) is 22.8. The minimum absolute atomic E-state index is 0.0000307. The van der Waals surface area contributed by atoms with E-state index in [-0.39, 0.29) is 19.1 Å². The molecule has 0 aliphatic heterocycles. The average Bonchev–Trinajstić information content (AvgIpc) is 3.29. The molecule has 0 radical (unpaired) electrons. The second kappa shape index (κ2) is 49.9. The second-order valence-electron chi connectivity index (χ2n) is 21.4. The van der Waals surface area contributed by atoms with E-state index in [0.717, 1.165) is 38.5 Å². The van der Waals surface area contributed by atoms with Crippen LogP contribution in [0.1, 0.15) is 290 Å². The van der Waals surface area contributed by atoms with Crippen molar-refractivity contribution in [1.29, 1.82) is 0 Å². The summed E-state index contributed by atoms with van der Waals surface area (Å²) >= 11 is 0. The zero-order chi connectivity index (χ0) is 49.2. The van der Waals surface area contributed by atoms with Crippen molar-refractivity contribution in [1.82, 2.24) is 5.32 Å². The summed E-state index contributed by atoms with van der Waals surface area (Å²) in [6.45, 7) is 4.51. The van der Waals surface area contributed by atoms with Gasteiger partial charge in [-0.25, -0.2) is 0 Å². The van der Waals surface area contributed by atoms with Crippen molar-refractivity contribution >= 4 is 13.7 Å². The molecule has 0 spiro atoms. The van der Waals surface area contributed by atoms with Crippen molar-refractivity contribution in [2.45, 2.75) is 302 Å². The van der Waals surface area contributed by atoms with Gasteiger partial charge in [-0.05, 0) is 38.5 Å². The molecule has 2 N–H and O–H groups in total. The Morgan fingerprint density at radius 3 is 1.19 bits per heavy atom. The van der Waals surface area contributed by atoms with Gasteiger partial charge in [0.05, 0.1) is 39.9 Å². The molecule has 0 heterocycles. The van der Waals surface area contributed by atoms with Gasteiger partial charge in [0.15, 0.2) is 0 Å². The van der Waals surface area contributed by atoms with Crippen LogP contribution in [0.3, 0.4) is 0 Å². The number of likely N-dealkylation sites (N-methyl/N-ethyl adjacent to an activating group) is 1. The smallest absolute Gasteiger partial charge is 0.268 e. The highest BCUT2D eigenvalue weighted by atomic mass is 31.2. The maximum atomic E-state index is 12.8. The van der Waals surface area contributed by atoms with Crippen molar-refractivity contribution in [3.05, 3.63) is 24.3 Å². The molecule has 1 amide bonds. The number of carbonyl (C=O) groups is 1. The maximum absolute atomic E-state index is 12.8. The molecular formula is C58H115N2O6P. The van der Waals surface area contributed by atoms with E-state index in [1.165, 1.54) is 231 Å². The van der Waals surface area contributed by atoms with E-state index in [0.29, 0.717) is 17.4 Å². The fourth-order valence-corrected chi connectivity index (χ4v) is 9.51. The Hall–Kier alpha value is -1.02. The summed E-state index contributed by atoms with van der Waals surface area (Å²) in [5.74, 6) is -0.202. The summed E-state index contributed by atoms with van der Waals surface area (Å²) in [6.07, 6.45) is 63.8. The summed E-state index contributed by atoms with van der Waals surface area (Å²) in [4.78, 5) is 25.1. The summed E-state index contributed by atoms with van der Waals surface area (Å²) < 4.78 is 23.0. The van der Waals surface area contributed by atoms with Crippen LogP contribution in [0.25, 0.3) is 0 Å². The molecule has 3 unspecified atom stereocenters. The molecule has 67 heavy (non-hydrogen) atoms. The molecule has 0 saturated carbocycles. The van der Waals surface area contributed by atoms with Gasteiger partial charge in [0.25, 0.3) is 7.82 Å². The first kappa shape index (κ1) is 66.0. The predicted octanol–water partition coefficient (Wildman–Crippen LogP) is 17.0. The SMILES string of the molecule is CCCC/C=C/C(O)C(COP(=O)([O-])OCC[N+](C)(C)C)NC(=O)CCCCCCCCCCCCCCCCCCCCCCCCCCCCCCC/C=C\CCCCCCCCCC. The fourth-order valence-electron chi connectivity index (χ4n) is 8.78. The summed E-state index contributed by atoms with van der Waals surface area (Å²) in [5, 5.41) is 13.5. The lowest BCUT2D eigenvalue weighted by Gasteiger charge is -2.29. The highest BCUT2D eigenvalue weighted by molar-refractivity contribution is 7.45. The van der Waals surface area contributed by atoms with Crippen molar-refractivity contribution in [3.63, 3.8) is 0 Å². The van der Waals surface area contributed by atoms with E-state index in [1.54, 1.807) is 6.08 Å². The highest BCUT2D eigenvalue weighted by Crippen LogP contribution is 2.38. The number of nitrogens with one attached hydrogen (secondary N) is 1. The number of allylic oxidation sites excluding steroid dienone is 3. The molecule has 0 rings (SSSR count). The number of carbonyl (C=O) groups excluding carboxylic acids is 1. The number of hydrogen-bond donors (Lipinski definition) is 2. The number of hydrogen-bond acceptors (Lipinski definition) is 6. The number of quaternary nitrogens is 1. The minimum atomic E-state index is -4.57. The number of rotatable bonds is 54. The number of nitrogens with zero attached hydrogens (tertiary/aromatic N) is 1. The van der Waals surface area contributed by atoms with Crippen LogP contribution in [0.2, 0.25) is 0 Å². The molecule has 0 aliphatic rings. The first-order valence-corrected chi connectivity index (χ1v) is 30.7. The predicted molar refractivity (Wildman–Crippen MR) is 289 cm³/mol. The lowest BCUT2D eigenvalue weighted by atomic mass is 10.0. The summed E-state index contributed by atoms with van der Waals surface area (Å²) in [7, 11) is 1.27. The number of phosphoric ester groups is 1. The zero-order valence-electron chi connectivity index (χ0n) is 45.4. The third-order valence-electron chi connectivity index (χ3n) is 13.4. The highest BCUT2D eigenvalue weighted by Gasteiger charge is 2.23. The van der Waals surface area contributed by atoms with Gasteiger partial charge in [-0.1, -0.05) is 269 Å². The standard InChI is InChI=1S/C58H115N2O6P/c1-6-8-10-12-13-14-15-16-17-18-19-20-21-22-23-24-25-26-27-28-29-30-31-32-33-34-35-36-37-38-39-40-41-42-43-44-45-46-47-48-50-52-58(62)59-56(57(61)51-49-11-9-7-2)55-66-67(63,64)65-54-53-60(3,4)5/h18-19,49,51,56-57,61H,6-17,20-48,50,52-55H2,1-5H3,(H-,59,62,63,64)/b19-18-,51-49+. The topological polar surface area (TPSA) is 108 Å². The van der Waals surface area contributed by atoms with Crippen LogP contribution in [0, 0.1) is 0 Å². The molecular weight excluding hydrogens is 852 g/mol. The zero-order valence-corrected chi connectivity index (χ0v) is 46.3. The largest absolute Gasteiger partial charge is 0.756 e. The maximum Gasteiger partial charge on any atom is 0.268 e. The number of aliphatic hydroxyl groups is 1. The van der Waals surface area contributed by atoms with E-state index in [9.17, 15) is 19.4 Å². The van der Waals surface area contributed by atoms with Crippen LogP contribution in [0.15, 0.2) is 24.3 Å². The Morgan fingerprint density at radius 1 is 0.507 bits per heavy atom. The summed E-state index contributed by atoms with van der Waals surface area (Å²) in [5.41, 5.74) is 0. The molecule has 3 atom stereocenters. The Balaban J connectivity index is 3.58. The average molecular weight is 968 g/mol. The van der Waals surface area contributed by atoms with E-state index in [1.807, 2.05) is 27.2 Å². The molecule has 0 aromatic rings. The van der Waals surface area contributed by atoms with Gasteiger partial charge in [0, 0.05) is 6.42 Å². The molecule has 0 bridgehead atoms. The molecule has 0 saturated heterocycles. The van der Waals surface area contributed by atoms with Gasteiger partial charge >= 0.3 is 0 Å². The number of amides is 1. The molecule has 8 nitrogen and oxygen atoms in total. The van der Waals surface area contributed by atoms with Gasteiger partial charge in [-0.15, -0.1) is 0 Å². The molecule has 9 heteroatoms. The first-order valence-electron chi connectivity index (χ1n) is 29.2. The number of unbranched alkanes of at least 4 members (excludes halogenated alkanes) is 39. The molecule has 398 valence electrons. The van der Waals surface area contributed by atoms with Crippen LogP contribution < -0.4 is 10.2 Å². The van der Waals surface area contributed by atoms with Gasteiger partial charge < -0.3 is 28.8 Å². The van der Waals surface area contributed by atoms with E-state index in [2.05, 4.69) is 31.3 Å². The monoisotopic (exact) mass is 967 g/mol. The Bertz CT molecular complexity index is 1140. The lowest BCUT2D eigenvalue weighted by Crippen LogP contribution is -2.45. The quantitative estimate of drug-likeness (QED) is 0.0272. The lowest BCUT2D eigenvalue weighted by molar-refractivity contribution is -0.870.